The second-order valence-corrected chi connectivity index (χ2v) is 3.05. The minimum atomic E-state index is 1.27. The zero-order chi connectivity index (χ0) is 6.43. The van der Waals surface area contributed by atoms with Crippen LogP contribution in [0.25, 0.3) is 0 Å². The second-order valence-electron chi connectivity index (χ2n) is 3.05. The van der Waals surface area contributed by atoms with Crippen LogP contribution >= 0.6 is 0 Å². The predicted octanol–water partition coefficient (Wildman–Crippen LogP) is 2.82. The van der Waals surface area contributed by atoms with Crippen molar-refractivity contribution in [2.24, 2.45) is 0 Å². The van der Waals surface area contributed by atoms with E-state index in [-0.39, 0.29) is 0 Å². The van der Waals surface area contributed by atoms with Crippen molar-refractivity contribution in [1.82, 2.24) is 0 Å². The van der Waals surface area contributed by atoms with Crippen LogP contribution in [0.15, 0.2) is 22.3 Å². The summed E-state index contributed by atoms with van der Waals surface area (Å²) in [6.07, 6.45) is 3.90. The van der Waals surface area contributed by atoms with E-state index in [2.05, 4.69) is 13.8 Å². The third-order valence-corrected chi connectivity index (χ3v) is 2.44. The molecule has 0 spiro atoms. The van der Waals surface area contributed by atoms with Crippen molar-refractivity contribution in [2.75, 3.05) is 0 Å². The summed E-state index contributed by atoms with van der Waals surface area (Å²) in [7, 11) is 0. The molecule has 0 heterocycles. The first kappa shape index (κ1) is 5.28. The van der Waals surface area contributed by atoms with Crippen LogP contribution in [0.3, 0.4) is 0 Å². The Balaban J connectivity index is 2.31. The van der Waals surface area contributed by atoms with Crippen LogP contribution in [-0.4, -0.2) is 0 Å². The summed E-state index contributed by atoms with van der Waals surface area (Å²) in [5.74, 6) is 0. The molecule has 0 atom stereocenters. The Kier molecular flexibility index (Phi) is 0.879. The Morgan fingerprint density at radius 3 is 2.22 bits per heavy atom. The summed E-state index contributed by atoms with van der Waals surface area (Å²) < 4.78 is 0. The Morgan fingerprint density at radius 1 is 1.22 bits per heavy atom. The lowest BCUT2D eigenvalue weighted by molar-refractivity contribution is 0.992. The van der Waals surface area contributed by atoms with Crippen LogP contribution in [0.1, 0.15) is 33.1 Å². The van der Waals surface area contributed by atoms with E-state index in [0.29, 0.717) is 0 Å². The molecule has 0 aromatic carbocycles. The van der Waals surface area contributed by atoms with Gasteiger partial charge in [0.1, 0.15) is 0 Å². The zero-order valence-corrected chi connectivity index (χ0v) is 6.12. The molecule has 0 bridgehead atoms. The summed E-state index contributed by atoms with van der Waals surface area (Å²) in [6, 6.07) is 0. The molecule has 0 saturated heterocycles. The van der Waals surface area contributed by atoms with Crippen molar-refractivity contribution in [1.29, 1.82) is 0 Å². The molecule has 9 heavy (non-hydrogen) atoms. The van der Waals surface area contributed by atoms with Crippen molar-refractivity contribution in [3.8, 4) is 0 Å². The predicted molar refractivity (Wildman–Crippen MR) is 39.3 cm³/mol. The van der Waals surface area contributed by atoms with E-state index in [4.69, 9.17) is 0 Å². The third-order valence-electron chi connectivity index (χ3n) is 2.44. The van der Waals surface area contributed by atoms with Gasteiger partial charge in [0.05, 0.1) is 0 Å². The van der Waals surface area contributed by atoms with Gasteiger partial charge in [-0.25, -0.2) is 0 Å². The first-order chi connectivity index (χ1) is 4.33. The number of hydrogen-bond donors (Lipinski definition) is 0. The van der Waals surface area contributed by atoms with Gasteiger partial charge in [0, 0.05) is 0 Å². The quantitative estimate of drug-likeness (QED) is 0.499. The average molecular weight is 120 g/mol. The van der Waals surface area contributed by atoms with Gasteiger partial charge in [0.25, 0.3) is 0 Å². The molecule has 0 N–H and O–H groups in total. The zero-order valence-electron chi connectivity index (χ0n) is 6.12. The molecule has 2 rings (SSSR count). The highest BCUT2D eigenvalue weighted by Crippen LogP contribution is 2.50. The Labute approximate surface area is 56.3 Å². The molecular weight excluding hydrogens is 108 g/mol. The maximum atomic E-state index is 2.27. The van der Waals surface area contributed by atoms with Crippen molar-refractivity contribution < 1.29 is 0 Å². The van der Waals surface area contributed by atoms with Gasteiger partial charge in [0.2, 0.25) is 0 Å². The lowest BCUT2D eigenvalue weighted by Crippen LogP contribution is -1.78. The van der Waals surface area contributed by atoms with Crippen LogP contribution in [0.4, 0.5) is 0 Å². The van der Waals surface area contributed by atoms with Gasteiger partial charge < -0.3 is 0 Å². The van der Waals surface area contributed by atoms with E-state index in [1.54, 1.807) is 22.3 Å². The van der Waals surface area contributed by atoms with E-state index >= 15 is 0 Å². The van der Waals surface area contributed by atoms with Crippen LogP contribution < -0.4 is 0 Å². The summed E-state index contributed by atoms with van der Waals surface area (Å²) in [4.78, 5) is 0. The fourth-order valence-corrected chi connectivity index (χ4v) is 1.75. The Hall–Kier alpha value is -0.520. The Morgan fingerprint density at radius 2 is 2.00 bits per heavy atom. The molecule has 0 radical (unpaired) electrons. The molecule has 0 aliphatic heterocycles. The fraction of sp³-hybridized carbons (Fsp3) is 0.556. The smallest absolute Gasteiger partial charge is 0.00209 e. The summed E-state index contributed by atoms with van der Waals surface area (Å²) in [5.41, 5.74) is 6.74. The van der Waals surface area contributed by atoms with Crippen LogP contribution in [0.5, 0.6) is 0 Å². The molecule has 0 heteroatoms. The number of hydrogen-bond acceptors (Lipinski definition) is 0. The molecule has 2 aliphatic rings. The van der Waals surface area contributed by atoms with Gasteiger partial charge in [-0.1, -0.05) is 18.1 Å². The normalized spacial score (nSPS) is 23.3. The molecule has 0 aromatic rings. The SMILES string of the molecule is CCC1=C2CC2=C(C)C1. The molecular formula is C9H12. The molecule has 1 saturated carbocycles. The van der Waals surface area contributed by atoms with E-state index in [0.717, 1.165) is 0 Å². The molecule has 0 unspecified atom stereocenters. The molecule has 48 valence electrons. The highest BCUT2D eigenvalue weighted by Gasteiger charge is 2.31. The van der Waals surface area contributed by atoms with E-state index in [1.165, 1.54) is 19.3 Å². The van der Waals surface area contributed by atoms with Gasteiger partial charge >= 0.3 is 0 Å². The van der Waals surface area contributed by atoms with Crippen molar-refractivity contribution in [3.05, 3.63) is 22.3 Å². The van der Waals surface area contributed by atoms with Gasteiger partial charge in [-0.05, 0) is 37.3 Å². The molecule has 1 fully saturated rings. The second kappa shape index (κ2) is 1.50. The first-order valence-corrected chi connectivity index (χ1v) is 3.72. The maximum absolute atomic E-state index is 2.27. The van der Waals surface area contributed by atoms with Crippen LogP contribution in [0.2, 0.25) is 0 Å². The third kappa shape index (κ3) is 0.592. The van der Waals surface area contributed by atoms with Crippen molar-refractivity contribution in [2.45, 2.75) is 33.1 Å². The van der Waals surface area contributed by atoms with Crippen molar-refractivity contribution >= 4 is 0 Å². The Bertz CT molecular complexity index is 216. The maximum Gasteiger partial charge on any atom is -0.00209 e. The highest BCUT2D eigenvalue weighted by molar-refractivity contribution is 5.61. The minimum absolute atomic E-state index is 1.27. The summed E-state index contributed by atoms with van der Waals surface area (Å²) in [5, 5.41) is 0. The van der Waals surface area contributed by atoms with Crippen LogP contribution in [0, 0.1) is 0 Å². The minimum Gasteiger partial charge on any atom is -0.0654 e. The first-order valence-electron chi connectivity index (χ1n) is 3.72. The van der Waals surface area contributed by atoms with E-state index in [1.807, 2.05) is 0 Å². The number of rotatable bonds is 1. The van der Waals surface area contributed by atoms with E-state index in [9.17, 15) is 0 Å². The molecule has 0 aromatic heterocycles. The standard InChI is InChI=1S/C9H12/c1-3-7-4-6(2)8-5-9(7)8/h3-5H2,1-2H3. The van der Waals surface area contributed by atoms with Crippen LogP contribution in [-0.2, 0) is 0 Å². The highest BCUT2D eigenvalue weighted by atomic mass is 14.4. The molecule has 0 amide bonds. The topological polar surface area (TPSA) is 0 Å². The van der Waals surface area contributed by atoms with Gasteiger partial charge in [-0.15, -0.1) is 0 Å². The summed E-state index contributed by atoms with van der Waals surface area (Å²) >= 11 is 0. The largest absolute Gasteiger partial charge is 0.0654 e. The fourth-order valence-electron chi connectivity index (χ4n) is 1.75. The van der Waals surface area contributed by atoms with Gasteiger partial charge in [0.15, 0.2) is 0 Å². The monoisotopic (exact) mass is 120 g/mol. The lowest BCUT2D eigenvalue weighted by Gasteiger charge is -1.97. The summed E-state index contributed by atoms with van der Waals surface area (Å²) in [6.45, 7) is 4.53. The van der Waals surface area contributed by atoms with E-state index < -0.39 is 0 Å². The lowest BCUT2D eigenvalue weighted by atomic mass is 10.1. The van der Waals surface area contributed by atoms with Gasteiger partial charge in [-0.3, -0.25) is 0 Å². The average Bonchev–Trinajstić information content (AvgIpc) is 2.56. The van der Waals surface area contributed by atoms with Gasteiger partial charge in [-0.2, -0.15) is 0 Å². The number of fused-ring (bicyclic) bond motifs is 1. The number of allylic oxidation sites excluding steroid dienone is 4. The molecule has 2 aliphatic carbocycles. The molecule has 0 nitrogen and oxygen atoms in total. The van der Waals surface area contributed by atoms with Crippen molar-refractivity contribution in [3.63, 3.8) is 0 Å².